The molecule has 1 aromatic heterocycles. The normalized spacial score (nSPS) is 21.2. The fourth-order valence-electron chi connectivity index (χ4n) is 1.74. The van der Waals surface area contributed by atoms with Gasteiger partial charge in [0, 0.05) is 17.2 Å². The van der Waals surface area contributed by atoms with Crippen molar-refractivity contribution in [2.45, 2.75) is 45.3 Å². The zero-order valence-corrected chi connectivity index (χ0v) is 12.0. The molecule has 0 atom stereocenters. The zero-order valence-electron chi connectivity index (χ0n) is 11.2. The van der Waals surface area contributed by atoms with Crippen LogP contribution in [0.4, 0.5) is 8.78 Å². The second-order valence-electron chi connectivity index (χ2n) is 5.54. The lowest BCUT2D eigenvalue weighted by Crippen LogP contribution is -2.41. The maximum absolute atomic E-state index is 12.7. The molecule has 0 saturated carbocycles. The fourth-order valence-corrected chi connectivity index (χ4v) is 1.93. The van der Waals surface area contributed by atoms with E-state index in [1.165, 1.54) is 6.07 Å². The van der Waals surface area contributed by atoms with E-state index in [-0.39, 0.29) is 10.7 Å². The van der Waals surface area contributed by atoms with Crippen LogP contribution in [0.1, 0.15) is 39.7 Å². The van der Waals surface area contributed by atoms with E-state index in [0.717, 1.165) is 6.20 Å². The van der Waals surface area contributed by atoms with E-state index in [4.69, 9.17) is 20.9 Å². The standard InChI is InChI=1S/C12H15BClF2NO2/c1-11(2)12(3,4)19-13(18-11)8-5-7(10(15)16)6-17-9(8)14/h5-6,10H,1-4H3. The van der Waals surface area contributed by atoms with Gasteiger partial charge in [0.05, 0.1) is 11.2 Å². The Balaban J connectivity index is 2.36. The van der Waals surface area contributed by atoms with Gasteiger partial charge in [0.1, 0.15) is 5.15 Å². The number of alkyl halides is 2. The van der Waals surface area contributed by atoms with Crippen LogP contribution < -0.4 is 5.46 Å². The molecule has 2 heterocycles. The Morgan fingerprint density at radius 1 is 1.21 bits per heavy atom. The van der Waals surface area contributed by atoms with Crippen LogP contribution in [0, 0.1) is 0 Å². The van der Waals surface area contributed by atoms with Crippen LogP contribution >= 0.6 is 11.6 Å². The Bertz CT molecular complexity index is 481. The van der Waals surface area contributed by atoms with Gasteiger partial charge >= 0.3 is 7.12 Å². The number of hydrogen-bond donors (Lipinski definition) is 0. The predicted octanol–water partition coefficient (Wildman–Crippen LogP) is 2.97. The van der Waals surface area contributed by atoms with Gasteiger partial charge in [-0.3, -0.25) is 0 Å². The van der Waals surface area contributed by atoms with Crippen molar-refractivity contribution >= 4 is 24.2 Å². The largest absolute Gasteiger partial charge is 0.498 e. The first kappa shape index (κ1) is 14.7. The van der Waals surface area contributed by atoms with Crippen LogP contribution in [0.3, 0.4) is 0 Å². The monoisotopic (exact) mass is 289 g/mol. The molecule has 3 nitrogen and oxygen atoms in total. The highest BCUT2D eigenvalue weighted by Crippen LogP contribution is 2.37. The van der Waals surface area contributed by atoms with Gasteiger partial charge in [-0.25, -0.2) is 13.8 Å². The highest BCUT2D eigenvalue weighted by Gasteiger charge is 2.52. The molecular formula is C12H15BClF2NO2. The Hall–Kier alpha value is -0.715. The molecule has 19 heavy (non-hydrogen) atoms. The quantitative estimate of drug-likeness (QED) is 0.619. The van der Waals surface area contributed by atoms with Crippen molar-refractivity contribution in [1.82, 2.24) is 4.98 Å². The van der Waals surface area contributed by atoms with Crippen molar-refractivity contribution in [2.24, 2.45) is 0 Å². The Labute approximate surface area is 116 Å². The summed E-state index contributed by atoms with van der Waals surface area (Å²) in [5.74, 6) is 0. The molecule has 0 bridgehead atoms. The second kappa shape index (κ2) is 4.68. The Morgan fingerprint density at radius 3 is 2.21 bits per heavy atom. The number of hydrogen-bond acceptors (Lipinski definition) is 3. The van der Waals surface area contributed by atoms with E-state index in [9.17, 15) is 8.78 Å². The summed E-state index contributed by atoms with van der Waals surface area (Å²) in [6, 6.07) is 1.28. The lowest BCUT2D eigenvalue weighted by atomic mass is 9.79. The van der Waals surface area contributed by atoms with Crippen molar-refractivity contribution < 1.29 is 18.1 Å². The van der Waals surface area contributed by atoms with Gasteiger partial charge in [-0.05, 0) is 33.8 Å². The molecule has 0 aromatic carbocycles. The van der Waals surface area contributed by atoms with Gasteiger partial charge in [0.2, 0.25) is 0 Å². The maximum atomic E-state index is 12.7. The lowest BCUT2D eigenvalue weighted by Gasteiger charge is -2.32. The summed E-state index contributed by atoms with van der Waals surface area (Å²) in [4.78, 5) is 3.77. The summed E-state index contributed by atoms with van der Waals surface area (Å²) >= 11 is 5.95. The van der Waals surface area contributed by atoms with E-state index in [2.05, 4.69) is 4.98 Å². The molecule has 104 valence electrons. The van der Waals surface area contributed by atoms with E-state index >= 15 is 0 Å². The van der Waals surface area contributed by atoms with Crippen LogP contribution in [-0.2, 0) is 9.31 Å². The summed E-state index contributed by atoms with van der Waals surface area (Å²) in [5.41, 5.74) is -0.976. The summed E-state index contributed by atoms with van der Waals surface area (Å²) < 4.78 is 37.0. The molecule has 1 fully saturated rings. The molecule has 7 heteroatoms. The van der Waals surface area contributed by atoms with Crippen LogP contribution in [-0.4, -0.2) is 23.3 Å². The number of rotatable bonds is 2. The lowest BCUT2D eigenvalue weighted by molar-refractivity contribution is 0.00578. The molecule has 0 spiro atoms. The van der Waals surface area contributed by atoms with Gasteiger partial charge in [0.15, 0.2) is 0 Å². The van der Waals surface area contributed by atoms with Crippen LogP contribution in [0.5, 0.6) is 0 Å². The summed E-state index contributed by atoms with van der Waals surface area (Å²) in [7, 11) is -0.788. The predicted molar refractivity (Wildman–Crippen MR) is 69.9 cm³/mol. The van der Waals surface area contributed by atoms with Crippen molar-refractivity contribution in [2.75, 3.05) is 0 Å². The molecular weight excluding hydrogens is 274 g/mol. The van der Waals surface area contributed by atoms with Gasteiger partial charge in [-0.15, -0.1) is 0 Å². The SMILES string of the molecule is CC1(C)OB(c2cc(C(F)F)cnc2Cl)OC1(C)C. The number of aromatic nitrogens is 1. The Kier molecular flexibility index (Phi) is 3.62. The number of halogens is 3. The molecule has 1 aliphatic rings. The third-order valence-corrected chi connectivity index (χ3v) is 3.96. The highest BCUT2D eigenvalue weighted by molar-refractivity contribution is 6.65. The first-order valence-electron chi connectivity index (χ1n) is 5.93. The van der Waals surface area contributed by atoms with Crippen molar-refractivity contribution in [3.8, 4) is 0 Å². The van der Waals surface area contributed by atoms with E-state index in [0.29, 0.717) is 5.46 Å². The van der Waals surface area contributed by atoms with Crippen LogP contribution in [0.15, 0.2) is 12.3 Å². The maximum Gasteiger partial charge on any atom is 0.498 e. The first-order chi connectivity index (χ1) is 8.64. The van der Waals surface area contributed by atoms with Gasteiger partial charge < -0.3 is 9.31 Å². The molecule has 0 N–H and O–H groups in total. The number of pyridine rings is 1. The Morgan fingerprint density at radius 2 is 1.74 bits per heavy atom. The van der Waals surface area contributed by atoms with Crippen LogP contribution in [0.2, 0.25) is 5.15 Å². The highest BCUT2D eigenvalue weighted by atomic mass is 35.5. The summed E-state index contributed by atoms with van der Waals surface area (Å²) in [5, 5.41) is 0.114. The van der Waals surface area contributed by atoms with Crippen molar-refractivity contribution in [3.63, 3.8) is 0 Å². The van der Waals surface area contributed by atoms with Gasteiger partial charge in [-0.2, -0.15) is 0 Å². The molecule has 1 aliphatic heterocycles. The smallest absolute Gasteiger partial charge is 0.399 e. The molecule has 0 aliphatic carbocycles. The first-order valence-corrected chi connectivity index (χ1v) is 6.31. The topological polar surface area (TPSA) is 31.4 Å². The van der Waals surface area contributed by atoms with E-state index in [1.807, 2.05) is 27.7 Å². The van der Waals surface area contributed by atoms with Crippen LogP contribution in [0.25, 0.3) is 0 Å². The molecule has 0 radical (unpaired) electrons. The molecule has 1 saturated heterocycles. The number of nitrogens with zero attached hydrogens (tertiary/aromatic N) is 1. The minimum atomic E-state index is -2.61. The minimum Gasteiger partial charge on any atom is -0.399 e. The minimum absolute atomic E-state index is 0.114. The van der Waals surface area contributed by atoms with Crippen molar-refractivity contribution in [3.05, 3.63) is 23.0 Å². The van der Waals surface area contributed by atoms with Gasteiger partial charge in [0.25, 0.3) is 6.43 Å². The molecule has 0 unspecified atom stereocenters. The summed E-state index contributed by atoms with van der Waals surface area (Å²) in [6.45, 7) is 7.52. The second-order valence-corrected chi connectivity index (χ2v) is 5.90. The average Bonchev–Trinajstić information content (AvgIpc) is 2.48. The molecule has 2 rings (SSSR count). The zero-order chi connectivity index (χ0) is 14.4. The third-order valence-electron chi connectivity index (χ3n) is 3.65. The van der Waals surface area contributed by atoms with E-state index < -0.39 is 24.7 Å². The van der Waals surface area contributed by atoms with Gasteiger partial charge in [-0.1, -0.05) is 11.6 Å². The van der Waals surface area contributed by atoms with Crippen molar-refractivity contribution in [1.29, 1.82) is 0 Å². The molecule has 1 aromatic rings. The average molecular weight is 290 g/mol. The molecule has 0 amide bonds. The third kappa shape index (κ3) is 2.62. The summed E-state index contributed by atoms with van der Waals surface area (Å²) in [6.07, 6.45) is -1.55. The fraction of sp³-hybridized carbons (Fsp3) is 0.583. The van der Waals surface area contributed by atoms with E-state index in [1.54, 1.807) is 0 Å².